The summed E-state index contributed by atoms with van der Waals surface area (Å²) in [6.07, 6.45) is 3.41. The molecule has 0 radical (unpaired) electrons. The Hall–Kier alpha value is -2.99. The summed E-state index contributed by atoms with van der Waals surface area (Å²) in [6.45, 7) is 1.31. The normalized spacial score (nSPS) is 14.6. The highest BCUT2D eigenvalue weighted by Gasteiger charge is 2.25. The van der Waals surface area contributed by atoms with Gasteiger partial charge in [0, 0.05) is 55.3 Å². The summed E-state index contributed by atoms with van der Waals surface area (Å²) < 4.78 is 13.3. The van der Waals surface area contributed by atoms with Crippen LogP contribution in [0.1, 0.15) is 23.2 Å². The van der Waals surface area contributed by atoms with Crippen LogP contribution in [0.25, 0.3) is 11.3 Å². The number of hydrogen-bond acceptors (Lipinski definition) is 4. The molecular weight excluding hydrogens is 402 g/mol. The van der Waals surface area contributed by atoms with E-state index in [9.17, 15) is 4.79 Å². The van der Waals surface area contributed by atoms with Crippen molar-refractivity contribution in [3.05, 3.63) is 65.3 Å². The molecule has 1 aliphatic rings. The molecule has 30 heavy (non-hydrogen) atoms. The molecule has 1 aromatic heterocycles. The van der Waals surface area contributed by atoms with Crippen molar-refractivity contribution in [1.82, 2.24) is 14.7 Å². The number of nitrogens with zero attached hydrogens (tertiary/aromatic N) is 3. The lowest BCUT2D eigenvalue weighted by atomic mass is 10.0. The summed E-state index contributed by atoms with van der Waals surface area (Å²) in [5.41, 5.74) is 2.39. The molecule has 3 aromatic rings. The van der Waals surface area contributed by atoms with Crippen molar-refractivity contribution in [1.29, 1.82) is 0 Å². The van der Waals surface area contributed by atoms with E-state index in [2.05, 4.69) is 5.10 Å². The van der Waals surface area contributed by atoms with Crippen LogP contribution in [0.2, 0.25) is 5.02 Å². The first-order valence-corrected chi connectivity index (χ1v) is 10.3. The van der Waals surface area contributed by atoms with Crippen molar-refractivity contribution in [3.63, 3.8) is 0 Å². The monoisotopic (exact) mass is 425 g/mol. The minimum atomic E-state index is 0.0195. The second kappa shape index (κ2) is 8.79. The number of aromatic nitrogens is 2. The van der Waals surface area contributed by atoms with Crippen molar-refractivity contribution in [3.8, 4) is 22.8 Å². The molecule has 0 saturated carbocycles. The molecule has 0 unspecified atom stereocenters. The van der Waals surface area contributed by atoms with Gasteiger partial charge in [0.25, 0.3) is 5.91 Å². The molecule has 0 aliphatic carbocycles. The Morgan fingerprint density at radius 1 is 1.10 bits per heavy atom. The van der Waals surface area contributed by atoms with Crippen molar-refractivity contribution in [2.75, 3.05) is 20.2 Å². The third-order valence-corrected chi connectivity index (χ3v) is 5.64. The second-order valence-corrected chi connectivity index (χ2v) is 7.75. The number of rotatable bonds is 5. The van der Waals surface area contributed by atoms with E-state index in [1.54, 1.807) is 18.0 Å². The van der Waals surface area contributed by atoms with Crippen molar-refractivity contribution in [2.45, 2.75) is 18.9 Å². The first-order chi connectivity index (χ1) is 14.5. The highest BCUT2D eigenvalue weighted by atomic mass is 35.5. The average molecular weight is 426 g/mol. The number of benzene rings is 2. The average Bonchev–Trinajstić information content (AvgIpc) is 3.20. The van der Waals surface area contributed by atoms with Crippen LogP contribution >= 0.6 is 11.6 Å². The fourth-order valence-corrected chi connectivity index (χ4v) is 3.87. The minimum Gasteiger partial charge on any atom is -0.496 e. The predicted octanol–water partition coefficient (Wildman–Crippen LogP) is 4.43. The maximum Gasteiger partial charge on any atom is 0.253 e. The molecule has 1 amide bonds. The van der Waals surface area contributed by atoms with E-state index < -0.39 is 0 Å². The van der Waals surface area contributed by atoms with Gasteiger partial charge in [0.2, 0.25) is 0 Å². The van der Waals surface area contributed by atoms with E-state index in [1.807, 2.05) is 60.5 Å². The molecule has 0 spiro atoms. The quantitative estimate of drug-likeness (QED) is 0.606. The number of piperidine rings is 1. The molecule has 1 aliphatic heterocycles. The molecule has 2 heterocycles. The van der Waals surface area contributed by atoms with E-state index in [0.717, 1.165) is 29.8 Å². The summed E-state index contributed by atoms with van der Waals surface area (Å²) >= 11 is 5.93. The van der Waals surface area contributed by atoms with Crippen molar-refractivity contribution < 1.29 is 14.3 Å². The number of carbonyl (C=O) groups is 1. The lowest BCUT2D eigenvalue weighted by Gasteiger charge is -2.32. The Kier molecular flexibility index (Phi) is 5.95. The Morgan fingerprint density at radius 3 is 2.47 bits per heavy atom. The summed E-state index contributed by atoms with van der Waals surface area (Å²) in [7, 11) is 3.50. The Morgan fingerprint density at radius 2 is 1.83 bits per heavy atom. The highest BCUT2D eigenvalue weighted by molar-refractivity contribution is 6.30. The second-order valence-electron chi connectivity index (χ2n) is 7.32. The third kappa shape index (κ3) is 4.28. The van der Waals surface area contributed by atoms with Crippen LogP contribution in [0.5, 0.6) is 11.5 Å². The van der Waals surface area contributed by atoms with E-state index >= 15 is 0 Å². The smallest absolute Gasteiger partial charge is 0.253 e. The van der Waals surface area contributed by atoms with E-state index in [1.165, 1.54) is 0 Å². The zero-order valence-electron chi connectivity index (χ0n) is 17.0. The maximum absolute atomic E-state index is 13.1. The van der Waals surface area contributed by atoms with Crippen LogP contribution in [0.3, 0.4) is 0 Å². The van der Waals surface area contributed by atoms with Gasteiger partial charge >= 0.3 is 0 Å². The molecule has 6 nitrogen and oxygen atoms in total. The van der Waals surface area contributed by atoms with Crippen molar-refractivity contribution in [2.24, 2.45) is 7.05 Å². The fraction of sp³-hybridized carbons (Fsp3) is 0.304. The zero-order chi connectivity index (χ0) is 21.1. The Balaban J connectivity index is 1.44. The van der Waals surface area contributed by atoms with Crippen LogP contribution in [0.15, 0.2) is 54.7 Å². The van der Waals surface area contributed by atoms with E-state index in [-0.39, 0.29) is 12.0 Å². The number of aryl methyl sites for hydroxylation is 1. The van der Waals surface area contributed by atoms with Crippen LogP contribution in [0.4, 0.5) is 0 Å². The first-order valence-electron chi connectivity index (χ1n) is 9.93. The molecule has 0 atom stereocenters. The van der Waals surface area contributed by atoms with Crippen LogP contribution in [-0.4, -0.2) is 46.9 Å². The third-order valence-electron chi connectivity index (χ3n) is 5.39. The fourth-order valence-electron chi connectivity index (χ4n) is 3.74. The molecule has 2 aromatic carbocycles. The van der Waals surface area contributed by atoms with Gasteiger partial charge in [0.05, 0.1) is 12.8 Å². The van der Waals surface area contributed by atoms with Gasteiger partial charge in [-0.05, 0) is 48.5 Å². The molecule has 0 N–H and O–H groups in total. The first kappa shape index (κ1) is 20.3. The summed E-state index contributed by atoms with van der Waals surface area (Å²) in [6, 6.07) is 14.8. The molecule has 4 rings (SSSR count). The van der Waals surface area contributed by atoms with Crippen LogP contribution < -0.4 is 9.47 Å². The van der Waals surface area contributed by atoms with E-state index in [4.69, 9.17) is 21.1 Å². The van der Waals surface area contributed by atoms with Crippen molar-refractivity contribution >= 4 is 17.5 Å². The molecule has 1 saturated heterocycles. The lowest BCUT2D eigenvalue weighted by Crippen LogP contribution is -2.41. The van der Waals surface area contributed by atoms with Gasteiger partial charge in [0.1, 0.15) is 17.6 Å². The van der Waals surface area contributed by atoms with Gasteiger partial charge in [-0.3, -0.25) is 9.48 Å². The van der Waals surface area contributed by atoms with Gasteiger partial charge in [-0.25, -0.2) is 0 Å². The Bertz CT molecular complexity index is 1020. The SMILES string of the molecule is COc1ccc(C(=O)N2CCC(Oc3ccc(Cl)cc3)CC2)cc1-c1ccnn1C. The Labute approximate surface area is 181 Å². The number of amides is 1. The number of halogens is 1. The van der Waals surface area contributed by atoms with Gasteiger partial charge in [0.15, 0.2) is 0 Å². The predicted molar refractivity (Wildman–Crippen MR) is 116 cm³/mol. The zero-order valence-corrected chi connectivity index (χ0v) is 17.8. The molecular formula is C23H24ClN3O3. The summed E-state index contributed by atoms with van der Waals surface area (Å²) in [5, 5.41) is 4.91. The maximum atomic E-state index is 13.1. The summed E-state index contributed by atoms with van der Waals surface area (Å²) in [5.74, 6) is 1.54. The number of ether oxygens (including phenoxy) is 2. The number of hydrogen-bond donors (Lipinski definition) is 0. The molecule has 156 valence electrons. The molecule has 7 heteroatoms. The minimum absolute atomic E-state index is 0.0195. The topological polar surface area (TPSA) is 56.6 Å². The van der Waals surface area contributed by atoms with Gasteiger partial charge < -0.3 is 14.4 Å². The number of likely N-dealkylation sites (tertiary alicyclic amines) is 1. The molecule has 1 fully saturated rings. The lowest BCUT2D eigenvalue weighted by molar-refractivity contribution is 0.0595. The number of methoxy groups -OCH3 is 1. The largest absolute Gasteiger partial charge is 0.496 e. The van der Waals surface area contributed by atoms with Gasteiger partial charge in [-0.2, -0.15) is 5.10 Å². The molecule has 0 bridgehead atoms. The van der Waals surface area contributed by atoms with E-state index in [0.29, 0.717) is 29.4 Å². The van der Waals surface area contributed by atoms with Crippen LogP contribution in [-0.2, 0) is 7.05 Å². The highest BCUT2D eigenvalue weighted by Crippen LogP contribution is 2.31. The van der Waals surface area contributed by atoms with Crippen LogP contribution in [0, 0.1) is 0 Å². The standard InChI is InChI=1S/C23H24ClN3O3/c1-26-21(9-12-25-26)20-15-16(3-8-22(20)29-2)23(28)27-13-10-19(11-14-27)30-18-6-4-17(24)5-7-18/h3-9,12,15,19H,10-11,13-14H2,1-2H3. The van der Waals surface area contributed by atoms with Gasteiger partial charge in [-0.15, -0.1) is 0 Å². The van der Waals surface area contributed by atoms with Gasteiger partial charge in [-0.1, -0.05) is 11.6 Å². The number of carbonyl (C=O) groups excluding carboxylic acids is 1. The summed E-state index contributed by atoms with van der Waals surface area (Å²) in [4.78, 5) is 15.0.